The first-order valence-electron chi connectivity index (χ1n) is 5.69. The summed E-state index contributed by atoms with van der Waals surface area (Å²) in [4.78, 5) is 1.38. The van der Waals surface area contributed by atoms with Gasteiger partial charge in [0.2, 0.25) is 0 Å². The topological polar surface area (TPSA) is 0 Å². The molecular formula is C14H21BrS. The summed E-state index contributed by atoms with van der Waals surface area (Å²) in [5.41, 5.74) is 1.72. The lowest BCUT2D eigenvalue weighted by atomic mass is 9.83. The van der Waals surface area contributed by atoms with Gasteiger partial charge in [-0.05, 0) is 30.4 Å². The smallest absolute Gasteiger partial charge is 0.00746 e. The van der Waals surface area contributed by atoms with Crippen LogP contribution in [0.1, 0.15) is 26.3 Å². The molecule has 0 saturated heterocycles. The van der Waals surface area contributed by atoms with E-state index in [0.717, 1.165) is 5.33 Å². The van der Waals surface area contributed by atoms with Gasteiger partial charge in [0.1, 0.15) is 0 Å². The molecule has 0 heterocycles. The summed E-state index contributed by atoms with van der Waals surface area (Å²) in [7, 11) is 0. The van der Waals surface area contributed by atoms with Gasteiger partial charge < -0.3 is 0 Å². The zero-order valence-electron chi connectivity index (χ0n) is 10.6. The number of thioether (sulfide) groups is 1. The molecule has 0 aliphatic heterocycles. The van der Waals surface area contributed by atoms with Crippen molar-refractivity contribution in [1.82, 2.24) is 0 Å². The summed E-state index contributed by atoms with van der Waals surface area (Å²) >= 11 is 5.59. The van der Waals surface area contributed by atoms with Crippen LogP contribution >= 0.6 is 27.7 Å². The highest BCUT2D eigenvalue weighted by Crippen LogP contribution is 2.33. The van der Waals surface area contributed by atoms with E-state index in [9.17, 15) is 0 Å². The molecule has 1 unspecified atom stereocenters. The van der Waals surface area contributed by atoms with E-state index in [4.69, 9.17) is 0 Å². The molecule has 0 N–H and O–H groups in total. The normalized spacial score (nSPS) is 13.8. The quantitative estimate of drug-likeness (QED) is 0.548. The Balaban J connectivity index is 2.56. The number of alkyl halides is 1. The van der Waals surface area contributed by atoms with E-state index in [1.54, 1.807) is 0 Å². The third-order valence-corrected chi connectivity index (χ3v) is 4.79. The third kappa shape index (κ3) is 4.50. The van der Waals surface area contributed by atoms with E-state index in [2.05, 4.69) is 67.9 Å². The highest BCUT2D eigenvalue weighted by Gasteiger charge is 2.23. The number of rotatable bonds is 4. The summed E-state index contributed by atoms with van der Waals surface area (Å²) in [5, 5.41) is 1.08. The van der Waals surface area contributed by atoms with Crippen molar-refractivity contribution in [3.63, 3.8) is 0 Å². The van der Waals surface area contributed by atoms with Gasteiger partial charge in [-0.3, -0.25) is 0 Å². The highest BCUT2D eigenvalue weighted by atomic mass is 79.9. The van der Waals surface area contributed by atoms with Crippen molar-refractivity contribution in [3.8, 4) is 0 Å². The molecule has 0 aromatic heterocycles. The highest BCUT2D eigenvalue weighted by molar-refractivity contribution is 9.09. The van der Waals surface area contributed by atoms with Gasteiger partial charge in [-0.15, -0.1) is 11.8 Å². The Morgan fingerprint density at radius 1 is 1.31 bits per heavy atom. The second-order valence-corrected chi connectivity index (χ2v) is 7.09. The van der Waals surface area contributed by atoms with Crippen LogP contribution in [0.4, 0.5) is 0 Å². The number of aryl methyl sites for hydroxylation is 1. The Morgan fingerprint density at radius 3 is 2.50 bits per heavy atom. The van der Waals surface area contributed by atoms with Gasteiger partial charge in [0.15, 0.2) is 0 Å². The molecule has 1 atom stereocenters. The zero-order valence-corrected chi connectivity index (χ0v) is 13.0. The fourth-order valence-corrected chi connectivity index (χ4v) is 4.39. The minimum atomic E-state index is 0.375. The molecule has 1 aromatic rings. The molecular weight excluding hydrogens is 280 g/mol. The number of benzene rings is 1. The first-order chi connectivity index (χ1) is 7.43. The minimum Gasteiger partial charge on any atom is -0.126 e. The van der Waals surface area contributed by atoms with Gasteiger partial charge in [-0.25, -0.2) is 0 Å². The van der Waals surface area contributed by atoms with Gasteiger partial charge in [0.05, 0.1) is 0 Å². The third-order valence-electron chi connectivity index (χ3n) is 2.85. The fraction of sp³-hybridized carbons (Fsp3) is 0.571. The molecule has 0 bridgehead atoms. The Kier molecular flexibility index (Phi) is 5.39. The molecule has 0 aliphatic carbocycles. The first-order valence-corrected chi connectivity index (χ1v) is 7.79. The zero-order chi connectivity index (χ0) is 12.2. The van der Waals surface area contributed by atoms with Gasteiger partial charge in [0.25, 0.3) is 0 Å². The number of hydrogen-bond donors (Lipinski definition) is 0. The van der Waals surface area contributed by atoms with Crippen molar-refractivity contribution in [2.75, 3.05) is 11.1 Å². The van der Waals surface area contributed by atoms with Gasteiger partial charge >= 0.3 is 0 Å². The average Bonchev–Trinajstić information content (AvgIpc) is 2.16. The first kappa shape index (κ1) is 14.1. The van der Waals surface area contributed by atoms with Crippen molar-refractivity contribution < 1.29 is 0 Å². The molecule has 0 radical (unpaired) electrons. The number of hydrogen-bond acceptors (Lipinski definition) is 1. The van der Waals surface area contributed by atoms with Crippen LogP contribution in [-0.4, -0.2) is 11.1 Å². The predicted octanol–water partition coefficient (Wildman–Crippen LogP) is 5.14. The molecule has 0 aliphatic rings. The summed E-state index contributed by atoms with van der Waals surface area (Å²) in [6, 6.07) is 8.75. The molecule has 0 saturated carbocycles. The molecule has 0 amide bonds. The predicted molar refractivity (Wildman–Crippen MR) is 78.6 cm³/mol. The lowest BCUT2D eigenvalue weighted by Crippen LogP contribution is -2.23. The maximum Gasteiger partial charge on any atom is 0.00746 e. The summed E-state index contributed by atoms with van der Waals surface area (Å²) in [6.07, 6.45) is 0. The lowest BCUT2D eigenvalue weighted by Gasteiger charge is -2.28. The van der Waals surface area contributed by atoms with Crippen molar-refractivity contribution in [3.05, 3.63) is 29.8 Å². The lowest BCUT2D eigenvalue weighted by molar-refractivity contribution is 0.295. The van der Waals surface area contributed by atoms with E-state index < -0.39 is 0 Å². The van der Waals surface area contributed by atoms with Crippen molar-refractivity contribution >= 4 is 27.7 Å². The van der Waals surface area contributed by atoms with Crippen LogP contribution in [0.5, 0.6) is 0 Å². The molecule has 1 aromatic carbocycles. The Hall–Kier alpha value is 0.0500. The van der Waals surface area contributed by atoms with Crippen LogP contribution in [-0.2, 0) is 0 Å². The van der Waals surface area contributed by atoms with Gasteiger partial charge in [-0.2, -0.15) is 0 Å². The molecule has 16 heavy (non-hydrogen) atoms. The van der Waals surface area contributed by atoms with Gasteiger partial charge in [-0.1, -0.05) is 54.4 Å². The SMILES string of the molecule is Cc1cccc(SCC(CBr)C(C)(C)C)c1. The summed E-state index contributed by atoms with van der Waals surface area (Å²) < 4.78 is 0. The van der Waals surface area contributed by atoms with Crippen LogP contribution in [0.15, 0.2) is 29.2 Å². The number of halogens is 1. The fourth-order valence-electron chi connectivity index (χ4n) is 1.43. The van der Waals surface area contributed by atoms with Crippen molar-refractivity contribution in [1.29, 1.82) is 0 Å². The molecule has 0 nitrogen and oxygen atoms in total. The summed E-state index contributed by atoms with van der Waals surface area (Å²) in [5.74, 6) is 1.89. The van der Waals surface area contributed by atoms with Crippen LogP contribution in [0.25, 0.3) is 0 Å². The van der Waals surface area contributed by atoms with E-state index in [1.165, 1.54) is 16.2 Å². The van der Waals surface area contributed by atoms with E-state index in [1.807, 2.05) is 11.8 Å². The van der Waals surface area contributed by atoms with E-state index in [-0.39, 0.29) is 0 Å². The van der Waals surface area contributed by atoms with Crippen LogP contribution in [0.2, 0.25) is 0 Å². The Morgan fingerprint density at radius 2 is 2.00 bits per heavy atom. The molecule has 2 heteroatoms. The largest absolute Gasteiger partial charge is 0.126 e. The molecule has 0 spiro atoms. The second-order valence-electron chi connectivity index (χ2n) is 5.34. The average molecular weight is 301 g/mol. The van der Waals surface area contributed by atoms with Gasteiger partial charge in [0, 0.05) is 16.0 Å². The maximum absolute atomic E-state index is 3.63. The van der Waals surface area contributed by atoms with Crippen molar-refractivity contribution in [2.45, 2.75) is 32.6 Å². The van der Waals surface area contributed by atoms with Crippen molar-refractivity contribution in [2.24, 2.45) is 11.3 Å². The standard InChI is InChI=1S/C14H21BrS/c1-11-6-5-7-13(8-11)16-10-12(9-15)14(2,3)4/h5-8,12H,9-10H2,1-4H3. The Labute approximate surface area is 112 Å². The van der Waals surface area contributed by atoms with Crippen LogP contribution in [0.3, 0.4) is 0 Å². The van der Waals surface area contributed by atoms with E-state index in [0.29, 0.717) is 11.3 Å². The minimum absolute atomic E-state index is 0.375. The molecule has 90 valence electrons. The monoisotopic (exact) mass is 300 g/mol. The van der Waals surface area contributed by atoms with E-state index >= 15 is 0 Å². The van der Waals surface area contributed by atoms with Crippen LogP contribution in [0, 0.1) is 18.3 Å². The Bertz CT molecular complexity index is 328. The van der Waals surface area contributed by atoms with Crippen LogP contribution < -0.4 is 0 Å². The second kappa shape index (κ2) is 6.11. The molecule has 1 rings (SSSR count). The molecule has 0 fully saturated rings. The summed E-state index contributed by atoms with van der Waals surface area (Å²) in [6.45, 7) is 9.09. The maximum atomic E-state index is 3.63.